The van der Waals surface area contributed by atoms with E-state index in [1.54, 1.807) is 10.5 Å². The van der Waals surface area contributed by atoms with Crippen molar-refractivity contribution in [2.24, 2.45) is 0 Å². The van der Waals surface area contributed by atoms with Crippen molar-refractivity contribution in [2.45, 2.75) is 6.92 Å². The van der Waals surface area contributed by atoms with Crippen molar-refractivity contribution in [1.82, 2.24) is 9.38 Å². The molecular formula is C8H7BrN2O. The molecule has 2 aromatic rings. The minimum Gasteiger partial charge on any atom is -0.323 e. The summed E-state index contributed by atoms with van der Waals surface area (Å²) in [7, 11) is 0. The molecule has 0 aliphatic rings. The van der Waals surface area contributed by atoms with E-state index >= 15 is 0 Å². The van der Waals surface area contributed by atoms with Crippen molar-refractivity contribution in [3.8, 4) is 0 Å². The maximum atomic E-state index is 11.3. The van der Waals surface area contributed by atoms with Crippen LogP contribution in [0.4, 0.5) is 0 Å². The number of aromatic amines is 1. The summed E-state index contributed by atoms with van der Waals surface area (Å²) in [6, 6.07) is 1.79. The highest BCUT2D eigenvalue weighted by Gasteiger charge is 2.00. The van der Waals surface area contributed by atoms with Crippen molar-refractivity contribution in [3.63, 3.8) is 0 Å². The van der Waals surface area contributed by atoms with Gasteiger partial charge in [-0.3, -0.25) is 4.79 Å². The number of fused-ring (bicyclic) bond motifs is 1. The average Bonchev–Trinajstić information content (AvgIpc) is 2.29. The Morgan fingerprint density at radius 1 is 1.50 bits per heavy atom. The van der Waals surface area contributed by atoms with E-state index in [0.29, 0.717) is 5.52 Å². The Bertz CT molecular complexity index is 483. The van der Waals surface area contributed by atoms with E-state index in [2.05, 4.69) is 20.9 Å². The largest absolute Gasteiger partial charge is 0.323 e. The van der Waals surface area contributed by atoms with Gasteiger partial charge in [-0.05, 0) is 28.9 Å². The van der Waals surface area contributed by atoms with Crippen molar-refractivity contribution in [3.05, 3.63) is 39.0 Å². The number of rotatable bonds is 0. The van der Waals surface area contributed by atoms with Crippen LogP contribution in [0.5, 0.6) is 0 Å². The third-order valence-corrected chi connectivity index (χ3v) is 2.12. The van der Waals surface area contributed by atoms with Gasteiger partial charge in [0.25, 0.3) is 5.56 Å². The van der Waals surface area contributed by atoms with E-state index in [-0.39, 0.29) is 5.56 Å². The Balaban J connectivity index is 2.98. The van der Waals surface area contributed by atoms with Gasteiger partial charge in [-0.1, -0.05) is 0 Å². The summed E-state index contributed by atoms with van der Waals surface area (Å²) in [6.07, 6.45) is 3.74. The van der Waals surface area contributed by atoms with Crippen LogP contribution in [0.25, 0.3) is 5.52 Å². The summed E-state index contributed by atoms with van der Waals surface area (Å²) in [4.78, 5) is 14.0. The monoisotopic (exact) mass is 226 g/mol. The second kappa shape index (κ2) is 2.48. The fourth-order valence-electron chi connectivity index (χ4n) is 1.22. The van der Waals surface area contributed by atoms with Gasteiger partial charge in [-0.2, -0.15) is 0 Å². The first-order valence-electron chi connectivity index (χ1n) is 3.54. The number of hydrogen-bond acceptors (Lipinski definition) is 1. The lowest BCUT2D eigenvalue weighted by Crippen LogP contribution is -2.09. The van der Waals surface area contributed by atoms with Gasteiger partial charge in [0.2, 0.25) is 0 Å². The molecular weight excluding hydrogens is 220 g/mol. The summed E-state index contributed by atoms with van der Waals surface area (Å²) in [5.74, 6) is 0. The lowest BCUT2D eigenvalue weighted by atomic mass is 10.5. The van der Waals surface area contributed by atoms with Crippen LogP contribution in [-0.4, -0.2) is 9.38 Å². The Hall–Kier alpha value is -1.03. The minimum absolute atomic E-state index is 0.0549. The number of hydrogen-bond donors (Lipinski definition) is 1. The highest BCUT2D eigenvalue weighted by molar-refractivity contribution is 9.10. The van der Waals surface area contributed by atoms with Crippen LogP contribution in [0.1, 0.15) is 5.69 Å². The highest BCUT2D eigenvalue weighted by atomic mass is 79.9. The SMILES string of the molecule is Cc1cn2cc(Br)cc2c(=O)[nH]1. The smallest absolute Gasteiger partial charge is 0.272 e. The van der Waals surface area contributed by atoms with Gasteiger partial charge in [0.1, 0.15) is 5.52 Å². The van der Waals surface area contributed by atoms with Crippen molar-refractivity contribution >= 4 is 21.4 Å². The molecule has 2 aromatic heterocycles. The van der Waals surface area contributed by atoms with Crippen LogP contribution in [0, 0.1) is 6.92 Å². The fourth-order valence-corrected chi connectivity index (χ4v) is 1.66. The molecule has 1 N–H and O–H groups in total. The first kappa shape index (κ1) is 7.61. The summed E-state index contributed by atoms with van der Waals surface area (Å²) >= 11 is 3.31. The molecule has 3 nitrogen and oxygen atoms in total. The normalized spacial score (nSPS) is 10.8. The molecule has 0 aromatic carbocycles. The van der Waals surface area contributed by atoms with Gasteiger partial charge in [-0.15, -0.1) is 0 Å². The molecule has 62 valence electrons. The molecule has 0 spiro atoms. The Labute approximate surface area is 77.2 Å². The summed E-state index contributed by atoms with van der Waals surface area (Å²) in [5.41, 5.74) is 1.46. The number of halogens is 1. The number of H-pyrrole nitrogens is 1. The number of aryl methyl sites for hydroxylation is 1. The summed E-state index contributed by atoms with van der Waals surface area (Å²) in [5, 5.41) is 0. The van der Waals surface area contributed by atoms with Crippen molar-refractivity contribution in [2.75, 3.05) is 0 Å². The first-order valence-corrected chi connectivity index (χ1v) is 4.33. The second-order valence-corrected chi connectivity index (χ2v) is 3.63. The standard InChI is InChI=1S/C8H7BrN2O/c1-5-3-11-4-6(9)2-7(11)8(12)10-5/h2-4H,1H3,(H,10,12). The zero-order valence-corrected chi connectivity index (χ0v) is 8.05. The van der Waals surface area contributed by atoms with Gasteiger partial charge in [-0.25, -0.2) is 0 Å². The zero-order chi connectivity index (χ0) is 8.72. The van der Waals surface area contributed by atoms with Gasteiger partial charge in [0.05, 0.1) is 0 Å². The molecule has 0 radical (unpaired) electrons. The van der Waals surface area contributed by atoms with Gasteiger partial charge < -0.3 is 9.38 Å². The average molecular weight is 227 g/mol. The quantitative estimate of drug-likeness (QED) is 0.730. The molecule has 0 saturated heterocycles. The maximum absolute atomic E-state index is 11.3. The van der Waals surface area contributed by atoms with E-state index < -0.39 is 0 Å². The number of nitrogens with one attached hydrogen (secondary N) is 1. The van der Waals surface area contributed by atoms with Crippen LogP contribution in [0.3, 0.4) is 0 Å². The highest BCUT2D eigenvalue weighted by Crippen LogP contribution is 2.12. The van der Waals surface area contributed by atoms with E-state index in [1.165, 1.54) is 0 Å². The Morgan fingerprint density at radius 2 is 2.25 bits per heavy atom. The molecule has 0 fully saturated rings. The molecule has 0 aliphatic carbocycles. The van der Waals surface area contributed by atoms with Gasteiger partial charge >= 0.3 is 0 Å². The van der Waals surface area contributed by atoms with Gasteiger partial charge in [0, 0.05) is 22.6 Å². The third-order valence-electron chi connectivity index (χ3n) is 1.69. The van der Waals surface area contributed by atoms with Crippen LogP contribution < -0.4 is 5.56 Å². The van der Waals surface area contributed by atoms with Crippen LogP contribution >= 0.6 is 15.9 Å². The Kier molecular flexibility index (Phi) is 1.58. The van der Waals surface area contributed by atoms with E-state index in [4.69, 9.17) is 0 Å². The lowest BCUT2D eigenvalue weighted by Gasteiger charge is -1.94. The molecule has 12 heavy (non-hydrogen) atoms. The second-order valence-electron chi connectivity index (χ2n) is 2.72. The molecule has 0 atom stereocenters. The predicted molar refractivity (Wildman–Crippen MR) is 50.5 cm³/mol. The topological polar surface area (TPSA) is 37.3 Å². The van der Waals surface area contributed by atoms with E-state index in [9.17, 15) is 4.79 Å². The molecule has 0 unspecified atom stereocenters. The molecule has 0 bridgehead atoms. The number of nitrogens with zero attached hydrogens (tertiary/aromatic N) is 1. The molecule has 0 aliphatic heterocycles. The molecule has 2 rings (SSSR count). The zero-order valence-electron chi connectivity index (χ0n) is 6.47. The number of aromatic nitrogens is 2. The summed E-state index contributed by atoms with van der Waals surface area (Å²) < 4.78 is 2.72. The molecule has 4 heteroatoms. The predicted octanol–water partition coefficient (Wildman–Crippen LogP) is 1.70. The third kappa shape index (κ3) is 1.08. The molecule has 0 amide bonds. The maximum Gasteiger partial charge on any atom is 0.272 e. The first-order chi connectivity index (χ1) is 5.66. The van der Waals surface area contributed by atoms with Crippen LogP contribution in [0.15, 0.2) is 27.7 Å². The molecule has 0 saturated carbocycles. The lowest BCUT2D eigenvalue weighted by molar-refractivity contribution is 1.05. The van der Waals surface area contributed by atoms with Crippen molar-refractivity contribution in [1.29, 1.82) is 0 Å². The van der Waals surface area contributed by atoms with E-state index in [1.807, 2.05) is 19.3 Å². The summed E-state index contributed by atoms with van der Waals surface area (Å²) in [6.45, 7) is 1.86. The van der Waals surface area contributed by atoms with Crippen LogP contribution in [0.2, 0.25) is 0 Å². The van der Waals surface area contributed by atoms with E-state index in [0.717, 1.165) is 10.2 Å². The van der Waals surface area contributed by atoms with Gasteiger partial charge in [0.15, 0.2) is 0 Å². The van der Waals surface area contributed by atoms with Crippen molar-refractivity contribution < 1.29 is 0 Å². The minimum atomic E-state index is -0.0549. The molecule has 2 heterocycles. The Morgan fingerprint density at radius 3 is 3.00 bits per heavy atom. The van der Waals surface area contributed by atoms with Crippen LogP contribution in [-0.2, 0) is 0 Å². The fraction of sp³-hybridized carbons (Fsp3) is 0.125.